The molecule has 14 heavy (non-hydrogen) atoms. The Kier molecular flexibility index (Phi) is 3.48. The van der Waals surface area contributed by atoms with Gasteiger partial charge in [0.05, 0.1) is 0 Å². The van der Waals surface area contributed by atoms with E-state index in [9.17, 15) is 0 Å². The van der Waals surface area contributed by atoms with Crippen molar-refractivity contribution >= 4 is 11.3 Å². The molecule has 1 heterocycles. The number of nitrogens with zero attached hydrogens (tertiary/aromatic N) is 2. The standard InChI is InChI=1S/C10H17N3S/c11-7-10-13-12-9(14-10)6-8-4-2-1-3-5-8/h8H,1-7,11H2. The lowest BCUT2D eigenvalue weighted by molar-refractivity contribution is 0.356. The van der Waals surface area contributed by atoms with Crippen LogP contribution in [0.15, 0.2) is 0 Å². The van der Waals surface area contributed by atoms with Gasteiger partial charge in [-0.05, 0) is 5.92 Å². The van der Waals surface area contributed by atoms with Crippen LogP contribution in [0, 0.1) is 5.92 Å². The van der Waals surface area contributed by atoms with Gasteiger partial charge in [-0.25, -0.2) is 0 Å². The van der Waals surface area contributed by atoms with E-state index >= 15 is 0 Å². The molecule has 78 valence electrons. The Morgan fingerprint density at radius 1 is 1.14 bits per heavy atom. The van der Waals surface area contributed by atoms with Gasteiger partial charge in [-0.2, -0.15) is 0 Å². The zero-order valence-electron chi connectivity index (χ0n) is 8.41. The normalized spacial score (nSPS) is 18.6. The van der Waals surface area contributed by atoms with E-state index < -0.39 is 0 Å². The highest BCUT2D eigenvalue weighted by atomic mass is 32.1. The molecule has 0 bridgehead atoms. The second kappa shape index (κ2) is 4.84. The van der Waals surface area contributed by atoms with Gasteiger partial charge in [-0.15, -0.1) is 21.5 Å². The van der Waals surface area contributed by atoms with Crippen LogP contribution >= 0.6 is 11.3 Å². The maximum Gasteiger partial charge on any atom is 0.131 e. The first-order valence-electron chi connectivity index (χ1n) is 5.40. The highest BCUT2D eigenvalue weighted by molar-refractivity contribution is 7.11. The minimum Gasteiger partial charge on any atom is -0.324 e. The van der Waals surface area contributed by atoms with Crippen molar-refractivity contribution in [1.82, 2.24) is 10.2 Å². The third-order valence-electron chi connectivity index (χ3n) is 2.87. The fourth-order valence-corrected chi connectivity index (χ4v) is 2.93. The molecule has 1 aromatic heterocycles. The molecule has 3 nitrogen and oxygen atoms in total. The third kappa shape index (κ3) is 2.51. The monoisotopic (exact) mass is 211 g/mol. The van der Waals surface area contributed by atoms with Crippen molar-refractivity contribution < 1.29 is 0 Å². The molecule has 1 aromatic rings. The van der Waals surface area contributed by atoms with Crippen molar-refractivity contribution in [3.63, 3.8) is 0 Å². The maximum atomic E-state index is 5.50. The lowest BCUT2D eigenvalue weighted by Gasteiger charge is -2.19. The minimum absolute atomic E-state index is 0.530. The molecule has 4 heteroatoms. The fraction of sp³-hybridized carbons (Fsp3) is 0.800. The minimum atomic E-state index is 0.530. The van der Waals surface area contributed by atoms with Crippen LogP contribution < -0.4 is 5.73 Å². The summed E-state index contributed by atoms with van der Waals surface area (Å²) in [6, 6.07) is 0. The molecule has 0 atom stereocenters. The van der Waals surface area contributed by atoms with Crippen LogP contribution in [0.4, 0.5) is 0 Å². The summed E-state index contributed by atoms with van der Waals surface area (Å²) in [5, 5.41) is 10.4. The van der Waals surface area contributed by atoms with Crippen LogP contribution in [0.5, 0.6) is 0 Å². The van der Waals surface area contributed by atoms with E-state index in [2.05, 4.69) is 10.2 Å². The van der Waals surface area contributed by atoms with Crippen LogP contribution in [0.1, 0.15) is 42.1 Å². The molecule has 2 rings (SSSR count). The SMILES string of the molecule is NCc1nnc(CC2CCCCC2)s1. The molecular weight excluding hydrogens is 194 g/mol. The average Bonchev–Trinajstić information content (AvgIpc) is 2.67. The Balaban J connectivity index is 1.89. The Hall–Kier alpha value is -0.480. The third-order valence-corrected chi connectivity index (χ3v) is 3.84. The highest BCUT2D eigenvalue weighted by Gasteiger charge is 2.15. The molecule has 0 aliphatic heterocycles. The highest BCUT2D eigenvalue weighted by Crippen LogP contribution is 2.27. The Morgan fingerprint density at radius 2 is 1.86 bits per heavy atom. The van der Waals surface area contributed by atoms with Gasteiger partial charge in [0, 0.05) is 13.0 Å². The second-order valence-electron chi connectivity index (χ2n) is 4.00. The molecule has 0 spiro atoms. The number of nitrogens with two attached hydrogens (primary N) is 1. The predicted molar refractivity (Wildman–Crippen MR) is 58.1 cm³/mol. The number of hydrogen-bond donors (Lipinski definition) is 1. The molecule has 0 aromatic carbocycles. The van der Waals surface area contributed by atoms with E-state index in [0.29, 0.717) is 6.54 Å². The molecule has 1 fully saturated rings. The zero-order valence-corrected chi connectivity index (χ0v) is 9.22. The summed E-state index contributed by atoms with van der Waals surface area (Å²) in [4.78, 5) is 0. The van der Waals surface area contributed by atoms with Crippen molar-refractivity contribution in [2.75, 3.05) is 0 Å². The summed E-state index contributed by atoms with van der Waals surface area (Å²) in [5.41, 5.74) is 5.50. The predicted octanol–water partition coefficient (Wildman–Crippen LogP) is 2.12. The summed E-state index contributed by atoms with van der Waals surface area (Å²) in [6.45, 7) is 0.530. The lowest BCUT2D eigenvalue weighted by Crippen LogP contribution is -2.08. The molecule has 0 radical (unpaired) electrons. The van der Waals surface area contributed by atoms with Gasteiger partial charge in [0.1, 0.15) is 10.0 Å². The summed E-state index contributed by atoms with van der Waals surface area (Å²) < 4.78 is 0. The van der Waals surface area contributed by atoms with E-state index in [1.165, 1.54) is 37.1 Å². The number of aromatic nitrogens is 2. The lowest BCUT2D eigenvalue weighted by atomic mass is 9.87. The van der Waals surface area contributed by atoms with Gasteiger partial charge in [0.2, 0.25) is 0 Å². The van der Waals surface area contributed by atoms with E-state index in [-0.39, 0.29) is 0 Å². The largest absolute Gasteiger partial charge is 0.324 e. The summed E-state index contributed by atoms with van der Waals surface area (Å²) in [6.07, 6.45) is 8.08. The van der Waals surface area contributed by atoms with Crippen LogP contribution in [0.3, 0.4) is 0 Å². The molecule has 1 aliphatic rings. The zero-order chi connectivity index (χ0) is 9.80. The van der Waals surface area contributed by atoms with Crippen molar-refractivity contribution in [3.05, 3.63) is 10.0 Å². The first kappa shape index (κ1) is 10.1. The van der Waals surface area contributed by atoms with Gasteiger partial charge in [0.25, 0.3) is 0 Å². The number of hydrogen-bond acceptors (Lipinski definition) is 4. The van der Waals surface area contributed by atoms with E-state index in [4.69, 9.17) is 5.73 Å². The van der Waals surface area contributed by atoms with Gasteiger partial charge in [0.15, 0.2) is 0 Å². The molecule has 0 saturated heterocycles. The summed E-state index contributed by atoms with van der Waals surface area (Å²) in [7, 11) is 0. The quantitative estimate of drug-likeness (QED) is 0.833. The molecule has 2 N–H and O–H groups in total. The molecule has 0 amide bonds. The van der Waals surface area contributed by atoms with Crippen molar-refractivity contribution in [1.29, 1.82) is 0 Å². The topological polar surface area (TPSA) is 51.8 Å². The van der Waals surface area contributed by atoms with Crippen LogP contribution in [-0.4, -0.2) is 10.2 Å². The molecule has 0 unspecified atom stereocenters. The van der Waals surface area contributed by atoms with Crippen molar-refractivity contribution in [2.24, 2.45) is 11.7 Å². The van der Waals surface area contributed by atoms with Crippen LogP contribution in [-0.2, 0) is 13.0 Å². The van der Waals surface area contributed by atoms with E-state index in [0.717, 1.165) is 17.3 Å². The Labute approximate surface area is 88.7 Å². The van der Waals surface area contributed by atoms with E-state index in [1.807, 2.05) is 0 Å². The van der Waals surface area contributed by atoms with Crippen LogP contribution in [0.25, 0.3) is 0 Å². The Morgan fingerprint density at radius 3 is 2.50 bits per heavy atom. The maximum absolute atomic E-state index is 5.50. The second-order valence-corrected chi connectivity index (χ2v) is 5.15. The smallest absolute Gasteiger partial charge is 0.131 e. The van der Waals surface area contributed by atoms with Crippen molar-refractivity contribution in [3.8, 4) is 0 Å². The van der Waals surface area contributed by atoms with Gasteiger partial charge < -0.3 is 5.73 Å². The first-order chi connectivity index (χ1) is 6.88. The summed E-state index contributed by atoms with van der Waals surface area (Å²) in [5.74, 6) is 0.849. The molecule has 1 saturated carbocycles. The van der Waals surface area contributed by atoms with Gasteiger partial charge in [-0.1, -0.05) is 32.1 Å². The van der Waals surface area contributed by atoms with Gasteiger partial charge >= 0.3 is 0 Å². The molecule has 1 aliphatic carbocycles. The average molecular weight is 211 g/mol. The van der Waals surface area contributed by atoms with Crippen LogP contribution in [0.2, 0.25) is 0 Å². The van der Waals surface area contributed by atoms with Crippen molar-refractivity contribution in [2.45, 2.75) is 45.1 Å². The molecular formula is C10H17N3S. The first-order valence-corrected chi connectivity index (χ1v) is 6.21. The van der Waals surface area contributed by atoms with Gasteiger partial charge in [-0.3, -0.25) is 0 Å². The Bertz CT molecular complexity index is 279. The summed E-state index contributed by atoms with van der Waals surface area (Å²) >= 11 is 1.68. The fourth-order valence-electron chi connectivity index (χ4n) is 2.09. The van der Waals surface area contributed by atoms with E-state index in [1.54, 1.807) is 11.3 Å². The number of rotatable bonds is 3.